The molecule has 0 radical (unpaired) electrons. The summed E-state index contributed by atoms with van der Waals surface area (Å²) >= 11 is 18.4. The number of alkyl halides is 6. The molecule has 0 amide bonds. The van der Waals surface area contributed by atoms with E-state index in [0.717, 1.165) is 0 Å². The van der Waals surface area contributed by atoms with Crippen LogP contribution in [-0.4, -0.2) is 25.6 Å². The Morgan fingerprint density at radius 2 is 0.853 bits per heavy atom. The minimum atomic E-state index is -5.51. The van der Waals surface area contributed by atoms with Gasteiger partial charge in [0.2, 0.25) is 0 Å². The number of hydrogen-bond acceptors (Lipinski definition) is 2. The van der Waals surface area contributed by atoms with Crippen molar-refractivity contribution in [3.8, 4) is 0 Å². The van der Waals surface area contributed by atoms with Crippen molar-refractivity contribution in [1.29, 1.82) is 0 Å². The van der Waals surface area contributed by atoms with Gasteiger partial charge >= 0.3 is 207 Å². The molecule has 0 N–H and O–H groups in total. The summed E-state index contributed by atoms with van der Waals surface area (Å²) in [6.45, 7) is -3.84. The van der Waals surface area contributed by atoms with Gasteiger partial charge in [0, 0.05) is 0 Å². The molecule has 0 aliphatic carbocycles. The summed E-state index contributed by atoms with van der Waals surface area (Å²) in [5.74, 6) is 0. The van der Waals surface area contributed by atoms with Crippen LogP contribution in [0.2, 0.25) is 15.1 Å². The van der Waals surface area contributed by atoms with E-state index >= 15 is 0 Å². The number of hydrogen-bond donors (Lipinski definition) is 0. The van der Waals surface area contributed by atoms with E-state index in [4.69, 9.17) is 43.9 Å². The Kier molecular flexibility index (Phi) is 7.83. The first kappa shape index (κ1) is 27.1. The number of rotatable bonds is 7. The maximum atomic E-state index is 13.6. The molecule has 0 aliphatic rings. The van der Waals surface area contributed by atoms with Gasteiger partial charge < -0.3 is 0 Å². The molecule has 0 atom stereocenters. The summed E-state index contributed by atoms with van der Waals surface area (Å²) < 4.78 is 92.5. The quantitative estimate of drug-likeness (QED) is 0.219. The van der Waals surface area contributed by atoms with Crippen LogP contribution in [0.25, 0.3) is 0 Å². The van der Waals surface area contributed by atoms with Crippen molar-refractivity contribution in [3.05, 3.63) is 87.9 Å². The third-order valence-corrected chi connectivity index (χ3v) is 10.4. The average Bonchev–Trinajstić information content (AvgIpc) is 2.73. The van der Waals surface area contributed by atoms with Crippen molar-refractivity contribution in [2.24, 2.45) is 0 Å². The molecule has 3 aromatic carbocycles. The molecule has 0 bridgehead atoms. The van der Waals surface area contributed by atoms with Crippen molar-refractivity contribution in [2.75, 3.05) is 13.2 Å². The molecule has 0 aliphatic heterocycles. The Morgan fingerprint density at radius 3 is 1.09 bits per heavy atom. The summed E-state index contributed by atoms with van der Waals surface area (Å²) in [6, 6.07) is 15.9. The van der Waals surface area contributed by atoms with Crippen LogP contribution < -0.4 is 15.9 Å². The van der Waals surface area contributed by atoms with E-state index in [2.05, 4.69) is 0 Å². The molecule has 34 heavy (non-hydrogen) atoms. The van der Waals surface area contributed by atoms with Crippen LogP contribution >= 0.6 is 41.9 Å². The Bertz CT molecular complexity index is 1030. The zero-order valence-corrected chi connectivity index (χ0v) is 20.2. The third-order valence-electron chi connectivity index (χ3n) is 4.78. The van der Waals surface area contributed by atoms with Gasteiger partial charge in [0.1, 0.15) is 0 Å². The number of halogens is 9. The summed E-state index contributed by atoms with van der Waals surface area (Å²) in [5.41, 5.74) is 0. The van der Waals surface area contributed by atoms with Gasteiger partial charge in [0.25, 0.3) is 0 Å². The normalized spacial score (nSPS) is 14.0. The van der Waals surface area contributed by atoms with E-state index in [-0.39, 0.29) is 31.0 Å². The molecule has 3 aromatic rings. The first-order valence-electron chi connectivity index (χ1n) is 9.49. The zero-order valence-electron chi connectivity index (χ0n) is 17.0. The van der Waals surface area contributed by atoms with Crippen molar-refractivity contribution < 1.29 is 35.4 Å². The Labute approximate surface area is 206 Å². The SMILES string of the molecule is FC(F)(F)COP(OCC(F)(F)F)(c1cccc(Cl)c1)(c1cccc(Cl)c1)c1cccc(Cl)c1. The second-order valence-corrected chi connectivity index (χ2v) is 12.5. The first-order valence-corrected chi connectivity index (χ1v) is 12.7. The molecule has 0 saturated carbocycles. The van der Waals surface area contributed by atoms with E-state index < -0.39 is 32.6 Å². The van der Waals surface area contributed by atoms with Crippen LogP contribution in [0.3, 0.4) is 0 Å². The molecule has 2 nitrogen and oxygen atoms in total. The minimum absolute atomic E-state index is 0.0433. The predicted molar refractivity (Wildman–Crippen MR) is 124 cm³/mol. The van der Waals surface area contributed by atoms with Gasteiger partial charge in [-0.3, -0.25) is 0 Å². The first-order chi connectivity index (χ1) is 15.7. The fourth-order valence-electron chi connectivity index (χ4n) is 3.51. The van der Waals surface area contributed by atoms with Crippen LogP contribution in [0.1, 0.15) is 0 Å². The molecule has 12 heteroatoms. The second kappa shape index (κ2) is 9.84. The fourth-order valence-corrected chi connectivity index (χ4v) is 9.15. The van der Waals surface area contributed by atoms with E-state index in [1.54, 1.807) is 0 Å². The summed E-state index contributed by atoms with van der Waals surface area (Å²) in [7, 11) is -5.51. The van der Waals surface area contributed by atoms with Gasteiger partial charge in [-0.15, -0.1) is 0 Å². The Balaban J connectivity index is 2.55. The molecule has 0 aromatic heterocycles. The number of benzene rings is 3. The van der Waals surface area contributed by atoms with E-state index in [9.17, 15) is 26.3 Å². The molecule has 0 spiro atoms. The summed E-state index contributed by atoms with van der Waals surface area (Å²) in [4.78, 5) is 0. The van der Waals surface area contributed by atoms with Crippen molar-refractivity contribution >= 4 is 57.8 Å². The van der Waals surface area contributed by atoms with Crippen LogP contribution in [0.15, 0.2) is 72.8 Å². The average molecular weight is 564 g/mol. The van der Waals surface area contributed by atoms with Crippen molar-refractivity contribution in [3.63, 3.8) is 0 Å². The molecule has 0 heterocycles. The van der Waals surface area contributed by atoms with Gasteiger partial charge in [0.15, 0.2) is 0 Å². The van der Waals surface area contributed by atoms with Gasteiger partial charge in [-0.1, -0.05) is 0 Å². The van der Waals surface area contributed by atoms with Crippen molar-refractivity contribution in [2.45, 2.75) is 12.4 Å². The van der Waals surface area contributed by atoms with Crippen LogP contribution in [0, 0.1) is 0 Å². The second-order valence-electron chi connectivity index (χ2n) is 7.17. The zero-order chi connectivity index (χ0) is 25.2. The monoisotopic (exact) mass is 562 g/mol. The van der Waals surface area contributed by atoms with Gasteiger partial charge in [-0.05, 0) is 0 Å². The molecule has 0 unspecified atom stereocenters. The van der Waals surface area contributed by atoms with E-state index in [0.29, 0.717) is 0 Å². The van der Waals surface area contributed by atoms with Crippen LogP contribution in [0.4, 0.5) is 26.3 Å². The standard InChI is InChI=1S/C22H16Cl3F6O2P/c23-15-4-1-7-18(10-15)34(32-13-21(26,27)28,33-14-22(29,30)31,19-8-2-5-16(24)11-19)20-9-3-6-17(25)12-20/h1-12H,13-14H2. The van der Waals surface area contributed by atoms with Gasteiger partial charge in [-0.2, -0.15) is 0 Å². The maximum absolute atomic E-state index is 13.6. The summed E-state index contributed by atoms with van der Waals surface area (Å²) in [5, 5.41) is -0.255. The van der Waals surface area contributed by atoms with Crippen molar-refractivity contribution in [1.82, 2.24) is 0 Å². The van der Waals surface area contributed by atoms with Crippen LogP contribution in [0.5, 0.6) is 0 Å². The fraction of sp³-hybridized carbons (Fsp3) is 0.182. The van der Waals surface area contributed by atoms with Gasteiger partial charge in [0.05, 0.1) is 0 Å². The molecule has 0 saturated heterocycles. The molecule has 184 valence electrons. The Hall–Kier alpha value is -1.54. The van der Waals surface area contributed by atoms with E-state index in [1.165, 1.54) is 72.8 Å². The van der Waals surface area contributed by atoms with Crippen LogP contribution in [-0.2, 0) is 9.05 Å². The molecule has 0 fully saturated rings. The molecular formula is C22H16Cl3F6O2P. The molecular weight excluding hydrogens is 548 g/mol. The Morgan fingerprint density at radius 1 is 0.559 bits per heavy atom. The predicted octanol–water partition coefficient (Wildman–Crippen LogP) is 7.46. The topological polar surface area (TPSA) is 18.5 Å². The summed E-state index contributed by atoms with van der Waals surface area (Å²) in [6.07, 6.45) is -9.83. The van der Waals surface area contributed by atoms with Gasteiger partial charge in [-0.25, -0.2) is 0 Å². The molecule has 3 rings (SSSR count). The van der Waals surface area contributed by atoms with E-state index in [1.807, 2.05) is 0 Å². The third kappa shape index (κ3) is 5.64.